The number of hydrogen-bond donors (Lipinski definition) is 0. The molecule has 2 aliphatic rings. The Kier molecular flexibility index (Phi) is 3.87. The van der Waals surface area contributed by atoms with Crippen LogP contribution in [0.4, 0.5) is 0 Å². The number of fused-ring (bicyclic) bond motifs is 1. The Balaban J connectivity index is 2.23. The van der Waals surface area contributed by atoms with Gasteiger partial charge in [0.2, 0.25) is 0 Å². The average Bonchev–Trinajstić information content (AvgIpc) is 2.47. The normalized spacial score (nSPS) is 44.7. The zero-order chi connectivity index (χ0) is 13.8. The van der Waals surface area contributed by atoms with Crippen LogP contribution in [0.15, 0.2) is 12.2 Å². The summed E-state index contributed by atoms with van der Waals surface area (Å²) in [6.45, 7) is 15.3. The number of rotatable bonds is 1. The lowest BCUT2D eigenvalue weighted by Crippen LogP contribution is -2.39. The van der Waals surface area contributed by atoms with E-state index in [4.69, 9.17) is 16.3 Å². The van der Waals surface area contributed by atoms with E-state index in [1.54, 1.807) is 0 Å². The summed E-state index contributed by atoms with van der Waals surface area (Å²) in [4.78, 5) is 0. The highest BCUT2D eigenvalue weighted by Crippen LogP contribution is 2.80. The molecule has 1 unspecified atom stereocenters. The molecule has 1 saturated heterocycles. The summed E-state index contributed by atoms with van der Waals surface area (Å²) >= 11 is 7.92. The summed E-state index contributed by atoms with van der Waals surface area (Å²) in [5, 5.41) is 0.103. The summed E-state index contributed by atoms with van der Waals surface area (Å²) in [5.41, 5.74) is -0.454. The molecular formula is C14H25OPS2. The van der Waals surface area contributed by atoms with Crippen molar-refractivity contribution in [1.29, 1.82) is 0 Å². The Morgan fingerprint density at radius 2 is 2.11 bits per heavy atom. The van der Waals surface area contributed by atoms with E-state index in [1.807, 2.05) is 11.4 Å². The van der Waals surface area contributed by atoms with Gasteiger partial charge in [-0.05, 0) is 39.0 Å². The van der Waals surface area contributed by atoms with Crippen LogP contribution in [0.25, 0.3) is 0 Å². The largest absolute Gasteiger partial charge is 0.336 e. The lowest BCUT2D eigenvalue weighted by molar-refractivity contribution is 0.124. The van der Waals surface area contributed by atoms with E-state index in [1.165, 1.54) is 18.4 Å². The Labute approximate surface area is 121 Å². The molecule has 4 atom stereocenters. The predicted octanol–water partition coefficient (Wildman–Crippen LogP) is 5.36. The van der Waals surface area contributed by atoms with Crippen LogP contribution in [0.2, 0.25) is 0 Å². The van der Waals surface area contributed by atoms with Crippen molar-refractivity contribution < 1.29 is 4.52 Å². The molecule has 1 saturated carbocycles. The summed E-state index contributed by atoms with van der Waals surface area (Å²) in [7, 11) is 0. The van der Waals surface area contributed by atoms with Crippen molar-refractivity contribution >= 4 is 28.7 Å². The summed E-state index contributed by atoms with van der Waals surface area (Å²) in [6, 6.07) is 0. The maximum Gasteiger partial charge on any atom is 0.125 e. The first-order valence-corrected chi connectivity index (χ1v) is 10.9. The van der Waals surface area contributed by atoms with Gasteiger partial charge in [0, 0.05) is 9.90 Å². The van der Waals surface area contributed by atoms with Crippen LogP contribution in [0, 0.1) is 5.92 Å². The third-order valence-corrected chi connectivity index (χ3v) is 14.0. The van der Waals surface area contributed by atoms with Crippen molar-refractivity contribution in [3.8, 4) is 0 Å². The van der Waals surface area contributed by atoms with Crippen molar-refractivity contribution in [3.63, 3.8) is 0 Å². The van der Waals surface area contributed by atoms with Crippen LogP contribution in [0.3, 0.4) is 0 Å². The lowest BCUT2D eigenvalue weighted by Gasteiger charge is -2.37. The molecule has 104 valence electrons. The highest BCUT2D eigenvalue weighted by molar-refractivity contribution is 8.70. The van der Waals surface area contributed by atoms with Gasteiger partial charge in [-0.25, -0.2) is 0 Å². The van der Waals surface area contributed by atoms with Crippen molar-refractivity contribution in [1.82, 2.24) is 0 Å². The van der Waals surface area contributed by atoms with E-state index < -0.39 is 5.47 Å². The van der Waals surface area contributed by atoms with E-state index in [0.717, 1.165) is 6.42 Å². The van der Waals surface area contributed by atoms with Crippen LogP contribution < -0.4 is 0 Å². The van der Waals surface area contributed by atoms with Crippen LogP contribution in [-0.4, -0.2) is 16.0 Å². The van der Waals surface area contributed by atoms with Gasteiger partial charge in [0.05, 0.1) is 6.10 Å². The molecule has 0 aromatic rings. The minimum atomic E-state index is -1.76. The molecule has 0 bridgehead atoms. The predicted molar refractivity (Wildman–Crippen MR) is 87.1 cm³/mol. The van der Waals surface area contributed by atoms with Crippen molar-refractivity contribution in [2.45, 2.75) is 69.9 Å². The maximum absolute atomic E-state index is 6.45. The third-order valence-electron chi connectivity index (χ3n) is 4.28. The van der Waals surface area contributed by atoms with Gasteiger partial charge in [0.1, 0.15) is 5.47 Å². The molecule has 1 aliphatic carbocycles. The molecule has 2 rings (SSSR count). The molecule has 0 spiro atoms. The van der Waals surface area contributed by atoms with E-state index in [0.29, 0.717) is 12.0 Å². The molecular weight excluding hydrogens is 279 g/mol. The van der Waals surface area contributed by atoms with E-state index >= 15 is 0 Å². The molecule has 0 radical (unpaired) electrons. The van der Waals surface area contributed by atoms with Crippen LogP contribution in [-0.2, 0) is 16.3 Å². The third kappa shape index (κ3) is 2.49. The second-order valence-electron chi connectivity index (χ2n) is 6.98. The van der Waals surface area contributed by atoms with Gasteiger partial charge in [-0.3, -0.25) is 0 Å². The van der Waals surface area contributed by atoms with Gasteiger partial charge in [0.25, 0.3) is 0 Å². The fourth-order valence-electron chi connectivity index (χ4n) is 2.71. The van der Waals surface area contributed by atoms with Gasteiger partial charge in [-0.15, -0.1) is 0 Å². The Hall–Kier alpha value is 0.700. The molecule has 0 aromatic heterocycles. The first-order chi connectivity index (χ1) is 8.07. The zero-order valence-corrected chi connectivity index (χ0v) is 14.7. The van der Waals surface area contributed by atoms with Gasteiger partial charge in [0.15, 0.2) is 0 Å². The number of allylic oxidation sites excluding steroid dienone is 1. The molecule has 0 amide bonds. The standard InChI is InChI=1S/C14H25OPS2/c1-10(2)11-7-8-14(6)12(9-11)15-16(17,18-14)13(3,4)5/h11-12H,1,7-9H2,2-6H3/t11-,12+,14+,16?/m0/s1. The second-order valence-corrected chi connectivity index (χ2v) is 15.0. The molecule has 4 heteroatoms. The molecule has 2 fully saturated rings. The van der Waals surface area contributed by atoms with Crippen molar-refractivity contribution in [2.24, 2.45) is 5.92 Å². The molecule has 18 heavy (non-hydrogen) atoms. The zero-order valence-electron chi connectivity index (χ0n) is 12.2. The minimum Gasteiger partial charge on any atom is -0.336 e. The highest BCUT2D eigenvalue weighted by atomic mass is 32.9. The highest BCUT2D eigenvalue weighted by Gasteiger charge is 2.55. The minimum absolute atomic E-state index is 0.103. The Morgan fingerprint density at radius 3 is 2.61 bits per heavy atom. The van der Waals surface area contributed by atoms with Gasteiger partial charge >= 0.3 is 0 Å². The Bertz CT molecular complexity index is 413. The van der Waals surface area contributed by atoms with Gasteiger partial charge < -0.3 is 4.52 Å². The Morgan fingerprint density at radius 1 is 1.50 bits per heavy atom. The topological polar surface area (TPSA) is 9.23 Å². The number of hydrogen-bond acceptors (Lipinski definition) is 3. The van der Waals surface area contributed by atoms with E-state index in [2.05, 4.69) is 41.2 Å². The van der Waals surface area contributed by atoms with Crippen LogP contribution in [0.1, 0.15) is 53.9 Å². The van der Waals surface area contributed by atoms with Crippen LogP contribution in [0.5, 0.6) is 0 Å². The second kappa shape index (κ2) is 4.62. The molecule has 0 N–H and O–H groups in total. The fraction of sp³-hybridized carbons (Fsp3) is 0.857. The lowest BCUT2D eigenvalue weighted by atomic mass is 9.77. The first kappa shape index (κ1) is 15.1. The van der Waals surface area contributed by atoms with Crippen LogP contribution >= 0.6 is 16.8 Å². The fourth-order valence-corrected chi connectivity index (χ4v) is 10.5. The summed E-state index contributed by atoms with van der Waals surface area (Å²) < 4.78 is 6.69. The molecule has 0 aromatic carbocycles. The monoisotopic (exact) mass is 304 g/mol. The van der Waals surface area contributed by atoms with Crippen molar-refractivity contribution in [2.75, 3.05) is 0 Å². The molecule has 1 nitrogen and oxygen atoms in total. The maximum atomic E-state index is 6.45. The molecule has 1 aliphatic heterocycles. The smallest absolute Gasteiger partial charge is 0.125 e. The average molecular weight is 304 g/mol. The summed E-state index contributed by atoms with van der Waals surface area (Å²) in [5.74, 6) is 0.630. The quantitative estimate of drug-likeness (QED) is 0.476. The molecule has 1 heterocycles. The van der Waals surface area contributed by atoms with Gasteiger partial charge in [-0.1, -0.05) is 56.1 Å². The van der Waals surface area contributed by atoms with Gasteiger partial charge in [-0.2, -0.15) is 0 Å². The van der Waals surface area contributed by atoms with Crippen molar-refractivity contribution in [3.05, 3.63) is 12.2 Å². The summed E-state index contributed by atoms with van der Waals surface area (Å²) in [6.07, 6.45) is 3.92. The SMILES string of the molecule is C=C(C)[C@H]1CC[C@@]2(C)SP(=S)(C(C)(C)C)O[C@@H]2C1. The van der Waals surface area contributed by atoms with E-state index in [9.17, 15) is 0 Å². The first-order valence-electron chi connectivity index (χ1n) is 6.72. The van der Waals surface area contributed by atoms with E-state index in [-0.39, 0.29) is 9.90 Å².